The van der Waals surface area contributed by atoms with Crippen LogP contribution in [-0.4, -0.2) is 34.9 Å². The Labute approximate surface area is 214 Å². The number of hydrogen-bond donors (Lipinski definition) is 0. The lowest BCUT2D eigenvalue weighted by molar-refractivity contribution is -0.147. The number of imidazole rings is 1. The first-order valence-electron chi connectivity index (χ1n) is 11.6. The summed E-state index contributed by atoms with van der Waals surface area (Å²) in [5.41, 5.74) is -0.138. The van der Waals surface area contributed by atoms with Crippen LogP contribution in [0.25, 0.3) is 22.6 Å². The molecule has 0 unspecified atom stereocenters. The van der Waals surface area contributed by atoms with Gasteiger partial charge in [0, 0.05) is 19.2 Å². The molecule has 0 atom stereocenters. The molecule has 4 rings (SSSR count). The van der Waals surface area contributed by atoms with Crippen LogP contribution < -0.4 is 5.56 Å². The summed E-state index contributed by atoms with van der Waals surface area (Å²) >= 11 is 6.27. The molecule has 0 fully saturated rings. The van der Waals surface area contributed by atoms with Gasteiger partial charge in [0.05, 0.1) is 23.9 Å². The standard InChI is InChI=1S/C24H24ClF3N6O3/c1-3-6-18(35)37-14-34-20(30-19-21(34)31-23(25)33(9-4-2)22(19)36)16-11-29-32(13-16)12-15-7-5-8-17(10-15)24(26,27)28/h5,7-8,10-11,13H,3-4,6,9,12,14H2,1-2H3. The Kier molecular flexibility index (Phi) is 7.67. The highest BCUT2D eigenvalue weighted by Gasteiger charge is 2.30. The first-order chi connectivity index (χ1) is 17.6. The lowest BCUT2D eigenvalue weighted by atomic mass is 10.1. The third kappa shape index (κ3) is 5.68. The van der Waals surface area contributed by atoms with Crippen molar-refractivity contribution in [3.8, 4) is 11.4 Å². The Balaban J connectivity index is 1.74. The third-order valence-electron chi connectivity index (χ3n) is 5.56. The Hall–Kier alpha value is -3.67. The van der Waals surface area contributed by atoms with Crippen molar-refractivity contribution >= 4 is 28.7 Å². The van der Waals surface area contributed by atoms with Gasteiger partial charge in [0.25, 0.3) is 5.56 Å². The highest BCUT2D eigenvalue weighted by Crippen LogP contribution is 2.30. The van der Waals surface area contributed by atoms with Gasteiger partial charge >= 0.3 is 12.1 Å². The maximum absolute atomic E-state index is 13.1. The fourth-order valence-corrected chi connectivity index (χ4v) is 4.07. The van der Waals surface area contributed by atoms with Crippen LogP contribution in [0.1, 0.15) is 44.2 Å². The second-order valence-electron chi connectivity index (χ2n) is 8.39. The SMILES string of the molecule is CCCC(=O)OCn1c(-c2cnn(Cc3cccc(C(F)(F)F)c3)c2)nc2c(=O)n(CCC)c(Cl)nc21. The highest BCUT2D eigenvalue weighted by atomic mass is 35.5. The van der Waals surface area contributed by atoms with E-state index in [1.54, 1.807) is 12.3 Å². The lowest BCUT2D eigenvalue weighted by Gasteiger charge is -2.10. The average Bonchev–Trinajstić information content (AvgIpc) is 3.45. The van der Waals surface area contributed by atoms with Crippen LogP contribution in [0.15, 0.2) is 41.5 Å². The lowest BCUT2D eigenvalue weighted by Crippen LogP contribution is -2.22. The number of aromatic nitrogens is 6. The molecule has 0 N–H and O–H groups in total. The van der Waals surface area contributed by atoms with Gasteiger partial charge in [-0.15, -0.1) is 0 Å². The van der Waals surface area contributed by atoms with Gasteiger partial charge in [-0.3, -0.25) is 23.4 Å². The Bertz CT molecular complexity index is 1490. The zero-order valence-corrected chi connectivity index (χ0v) is 20.9. The molecule has 0 aliphatic rings. The van der Waals surface area contributed by atoms with Gasteiger partial charge in [-0.2, -0.15) is 23.3 Å². The molecular formula is C24H24ClF3N6O3. The van der Waals surface area contributed by atoms with Gasteiger partial charge in [0.1, 0.15) is 5.82 Å². The maximum Gasteiger partial charge on any atom is 0.416 e. The summed E-state index contributed by atoms with van der Waals surface area (Å²) in [7, 11) is 0. The first-order valence-corrected chi connectivity index (χ1v) is 12.0. The highest BCUT2D eigenvalue weighted by molar-refractivity contribution is 6.28. The predicted octanol–water partition coefficient (Wildman–Crippen LogP) is 4.89. The van der Waals surface area contributed by atoms with Crippen LogP contribution in [-0.2, 0) is 35.5 Å². The normalized spacial score (nSPS) is 11.8. The molecule has 4 aromatic rings. The smallest absolute Gasteiger partial charge is 0.416 e. The zero-order chi connectivity index (χ0) is 26.7. The van der Waals surface area contributed by atoms with E-state index in [1.165, 1.54) is 26.1 Å². The van der Waals surface area contributed by atoms with Crippen LogP contribution >= 0.6 is 11.6 Å². The number of benzene rings is 1. The molecule has 196 valence electrons. The Morgan fingerprint density at radius 2 is 1.92 bits per heavy atom. The van der Waals surface area contributed by atoms with E-state index in [1.807, 2.05) is 13.8 Å². The van der Waals surface area contributed by atoms with Gasteiger partial charge in [-0.05, 0) is 42.1 Å². The third-order valence-corrected chi connectivity index (χ3v) is 5.84. The second kappa shape index (κ2) is 10.8. The quantitative estimate of drug-likeness (QED) is 0.223. The van der Waals surface area contributed by atoms with Crippen molar-refractivity contribution < 1.29 is 22.7 Å². The van der Waals surface area contributed by atoms with Gasteiger partial charge in [-0.25, -0.2) is 4.98 Å². The van der Waals surface area contributed by atoms with E-state index in [9.17, 15) is 22.8 Å². The molecule has 0 saturated heterocycles. The summed E-state index contributed by atoms with van der Waals surface area (Å²) in [5, 5.41) is 4.23. The van der Waals surface area contributed by atoms with Crippen molar-refractivity contribution in [1.82, 2.24) is 28.9 Å². The van der Waals surface area contributed by atoms with Gasteiger partial charge in [-0.1, -0.05) is 26.0 Å². The molecule has 0 amide bonds. The summed E-state index contributed by atoms with van der Waals surface area (Å²) in [5.74, 6) is -0.175. The number of rotatable bonds is 9. The molecule has 13 heteroatoms. The van der Waals surface area contributed by atoms with E-state index in [0.29, 0.717) is 30.5 Å². The topological polar surface area (TPSA) is 96.8 Å². The van der Waals surface area contributed by atoms with E-state index in [2.05, 4.69) is 15.1 Å². The van der Waals surface area contributed by atoms with Crippen LogP contribution in [0.4, 0.5) is 13.2 Å². The minimum Gasteiger partial charge on any atom is -0.444 e. The van der Waals surface area contributed by atoms with Crippen LogP contribution in [0.3, 0.4) is 0 Å². The minimum absolute atomic E-state index is 0.0211. The van der Waals surface area contributed by atoms with Crippen molar-refractivity contribution in [2.75, 3.05) is 0 Å². The van der Waals surface area contributed by atoms with Crippen LogP contribution in [0, 0.1) is 0 Å². The summed E-state index contributed by atoms with van der Waals surface area (Å²) in [6.45, 7) is 3.90. The summed E-state index contributed by atoms with van der Waals surface area (Å²) < 4.78 is 48.8. The molecule has 0 aliphatic heterocycles. The van der Waals surface area contributed by atoms with E-state index in [0.717, 1.165) is 12.1 Å². The van der Waals surface area contributed by atoms with Gasteiger partial charge < -0.3 is 4.74 Å². The molecule has 1 aromatic carbocycles. The molecule has 37 heavy (non-hydrogen) atoms. The van der Waals surface area contributed by atoms with Gasteiger partial charge in [0.15, 0.2) is 17.9 Å². The van der Waals surface area contributed by atoms with E-state index in [4.69, 9.17) is 16.3 Å². The number of nitrogens with zero attached hydrogens (tertiary/aromatic N) is 6. The molecule has 0 aliphatic carbocycles. The number of hydrogen-bond acceptors (Lipinski definition) is 6. The minimum atomic E-state index is -4.45. The molecule has 0 spiro atoms. The van der Waals surface area contributed by atoms with Gasteiger partial charge in [0.2, 0.25) is 5.28 Å². The summed E-state index contributed by atoms with van der Waals surface area (Å²) in [6.07, 6.45) is 0.0594. The Morgan fingerprint density at radius 3 is 2.62 bits per heavy atom. The van der Waals surface area contributed by atoms with Crippen LogP contribution in [0.2, 0.25) is 5.28 Å². The second-order valence-corrected chi connectivity index (χ2v) is 8.73. The number of carbonyl (C=O) groups is 1. The van der Waals surface area contributed by atoms with Crippen LogP contribution in [0.5, 0.6) is 0 Å². The van der Waals surface area contributed by atoms with Crippen molar-refractivity contribution in [3.05, 3.63) is 63.4 Å². The fourth-order valence-electron chi connectivity index (χ4n) is 3.83. The largest absolute Gasteiger partial charge is 0.444 e. The predicted molar refractivity (Wildman–Crippen MR) is 130 cm³/mol. The van der Waals surface area contributed by atoms with Crippen molar-refractivity contribution in [2.24, 2.45) is 0 Å². The number of halogens is 4. The Morgan fingerprint density at radius 1 is 1.14 bits per heavy atom. The van der Waals surface area contributed by atoms with Crippen molar-refractivity contribution in [2.45, 2.75) is 59.1 Å². The van der Waals surface area contributed by atoms with E-state index in [-0.39, 0.29) is 42.0 Å². The molecule has 0 radical (unpaired) electrons. The van der Waals surface area contributed by atoms with E-state index < -0.39 is 23.3 Å². The number of carbonyl (C=O) groups excluding carboxylic acids is 1. The molecule has 3 heterocycles. The number of fused-ring (bicyclic) bond motifs is 1. The van der Waals surface area contributed by atoms with Crippen molar-refractivity contribution in [1.29, 1.82) is 0 Å². The van der Waals surface area contributed by atoms with E-state index >= 15 is 0 Å². The molecule has 3 aromatic heterocycles. The number of alkyl halides is 3. The first kappa shape index (κ1) is 26.4. The summed E-state index contributed by atoms with van der Waals surface area (Å²) in [4.78, 5) is 33.9. The fraction of sp³-hybridized carbons (Fsp3) is 0.375. The number of esters is 1. The maximum atomic E-state index is 13.1. The summed E-state index contributed by atoms with van der Waals surface area (Å²) in [6, 6.07) is 4.97. The monoisotopic (exact) mass is 536 g/mol. The molecule has 0 saturated carbocycles. The zero-order valence-electron chi connectivity index (χ0n) is 20.1. The average molecular weight is 537 g/mol. The number of ether oxygens (including phenoxy) is 1. The molecular weight excluding hydrogens is 513 g/mol. The molecule has 0 bridgehead atoms. The van der Waals surface area contributed by atoms with Crippen molar-refractivity contribution in [3.63, 3.8) is 0 Å². The molecule has 9 nitrogen and oxygen atoms in total.